The lowest BCUT2D eigenvalue weighted by atomic mass is 10.0. The number of halogens is 5. The molecular weight excluding hydrogens is 548 g/mol. The van der Waals surface area contributed by atoms with E-state index in [1.807, 2.05) is 18.2 Å². The molecule has 1 N–H and O–H groups in total. The van der Waals surface area contributed by atoms with Gasteiger partial charge in [-0.3, -0.25) is 9.48 Å². The van der Waals surface area contributed by atoms with Crippen LogP contribution in [-0.4, -0.2) is 30.3 Å². The molecule has 0 fully saturated rings. The molecule has 0 aliphatic heterocycles. The number of carbonyl (C=O) groups excluding carboxylic acids is 1. The highest BCUT2D eigenvalue weighted by molar-refractivity contribution is 6.31. The average Bonchev–Trinajstić information content (AvgIpc) is 3.56. The minimum absolute atomic E-state index is 0.00296. The molecule has 0 aliphatic rings. The number of benzene rings is 3. The van der Waals surface area contributed by atoms with E-state index in [4.69, 9.17) is 11.6 Å². The number of hydrogen-bond donors (Lipinski definition) is 1. The second-order valence-corrected chi connectivity index (χ2v) is 9.30. The summed E-state index contributed by atoms with van der Waals surface area (Å²) in [5, 5.41) is 12.3. The Morgan fingerprint density at radius 2 is 1.77 bits per heavy atom. The molecule has 3 heterocycles. The van der Waals surface area contributed by atoms with Crippen LogP contribution in [0.2, 0.25) is 5.02 Å². The molecule has 0 aliphatic carbocycles. The van der Waals surface area contributed by atoms with Crippen LogP contribution in [0.15, 0.2) is 85.2 Å². The summed E-state index contributed by atoms with van der Waals surface area (Å²) in [7, 11) is 0. The molecule has 6 aromatic rings. The Balaban J connectivity index is 1.37. The van der Waals surface area contributed by atoms with Gasteiger partial charge in [-0.25, -0.2) is 13.9 Å². The molecule has 3 aromatic carbocycles. The summed E-state index contributed by atoms with van der Waals surface area (Å²) in [6.45, 7) is 0.00296. The normalized spacial score (nSPS) is 11.8. The second kappa shape index (κ2) is 9.76. The summed E-state index contributed by atoms with van der Waals surface area (Å²) in [4.78, 5) is 17.6. The van der Waals surface area contributed by atoms with Crippen LogP contribution < -0.4 is 5.32 Å². The Morgan fingerprint density at radius 3 is 2.58 bits per heavy atom. The molecule has 0 saturated carbocycles. The Kier molecular flexibility index (Phi) is 6.22. The molecule has 3 aromatic heterocycles. The first kappa shape index (κ1) is 25.5. The maximum atomic E-state index is 14.2. The Morgan fingerprint density at radius 1 is 1.00 bits per heavy atom. The number of aromatic nitrogens is 5. The van der Waals surface area contributed by atoms with Gasteiger partial charge in [0.05, 0.1) is 18.4 Å². The van der Waals surface area contributed by atoms with Crippen molar-refractivity contribution in [3.8, 4) is 11.3 Å². The summed E-state index contributed by atoms with van der Waals surface area (Å²) in [6.07, 6.45) is -2.24. The zero-order chi connectivity index (χ0) is 28.0. The van der Waals surface area contributed by atoms with Crippen molar-refractivity contribution in [3.05, 3.63) is 113 Å². The van der Waals surface area contributed by atoms with E-state index >= 15 is 0 Å². The van der Waals surface area contributed by atoms with Crippen LogP contribution in [0.4, 0.5) is 23.4 Å². The van der Waals surface area contributed by atoms with Crippen molar-refractivity contribution in [2.24, 2.45) is 0 Å². The van der Waals surface area contributed by atoms with Gasteiger partial charge in [-0.1, -0.05) is 60.1 Å². The number of carbonyl (C=O) groups is 1. The Labute approximate surface area is 228 Å². The molecule has 6 rings (SSSR count). The van der Waals surface area contributed by atoms with E-state index in [2.05, 4.69) is 20.5 Å². The smallest absolute Gasteiger partial charge is 0.305 e. The molecule has 40 heavy (non-hydrogen) atoms. The zero-order valence-electron chi connectivity index (χ0n) is 20.3. The first-order chi connectivity index (χ1) is 19.2. The number of anilines is 1. The van der Waals surface area contributed by atoms with E-state index in [0.717, 1.165) is 17.6 Å². The average molecular weight is 565 g/mol. The molecule has 0 unspecified atom stereocenters. The maximum Gasteiger partial charge on any atom is 0.433 e. The van der Waals surface area contributed by atoms with Crippen LogP contribution in [0.3, 0.4) is 0 Å². The van der Waals surface area contributed by atoms with Crippen molar-refractivity contribution in [1.29, 1.82) is 0 Å². The van der Waals surface area contributed by atoms with Gasteiger partial charge in [0.15, 0.2) is 17.2 Å². The van der Waals surface area contributed by atoms with Gasteiger partial charge in [-0.2, -0.15) is 23.4 Å². The predicted octanol–water partition coefficient (Wildman–Crippen LogP) is 6.86. The molecule has 0 saturated heterocycles. The highest BCUT2D eigenvalue weighted by Gasteiger charge is 2.36. The van der Waals surface area contributed by atoms with Crippen molar-refractivity contribution in [3.63, 3.8) is 0 Å². The Bertz CT molecular complexity index is 1890. The van der Waals surface area contributed by atoms with Crippen LogP contribution in [0, 0.1) is 5.82 Å². The molecule has 0 spiro atoms. The van der Waals surface area contributed by atoms with Crippen LogP contribution in [0.5, 0.6) is 0 Å². The molecule has 0 radical (unpaired) electrons. The second-order valence-electron chi connectivity index (χ2n) is 8.90. The van der Waals surface area contributed by atoms with Crippen molar-refractivity contribution in [2.75, 3.05) is 5.32 Å². The molecule has 1 amide bonds. The Hall–Kier alpha value is -4.77. The maximum absolute atomic E-state index is 14.2. The highest BCUT2D eigenvalue weighted by atomic mass is 35.5. The van der Waals surface area contributed by atoms with Crippen molar-refractivity contribution < 1.29 is 22.4 Å². The van der Waals surface area contributed by atoms with Gasteiger partial charge >= 0.3 is 6.18 Å². The summed E-state index contributed by atoms with van der Waals surface area (Å²) in [6, 6.07) is 19.2. The third kappa shape index (κ3) is 4.64. The number of hydrogen-bond acceptors (Lipinski definition) is 4. The first-order valence-electron chi connectivity index (χ1n) is 11.9. The van der Waals surface area contributed by atoms with Crippen molar-refractivity contribution in [1.82, 2.24) is 24.4 Å². The van der Waals surface area contributed by atoms with Gasteiger partial charge in [-0.15, -0.1) is 0 Å². The lowest BCUT2D eigenvalue weighted by Crippen LogP contribution is -2.16. The number of nitrogens with zero attached hydrogens (tertiary/aromatic N) is 5. The number of fused-ring (bicyclic) bond motifs is 2. The molecule has 0 atom stereocenters. The molecule has 0 bridgehead atoms. The lowest BCUT2D eigenvalue weighted by Gasteiger charge is -2.13. The molecule has 200 valence electrons. The summed E-state index contributed by atoms with van der Waals surface area (Å²) >= 11 is 6.08. The number of alkyl halides is 3. The molecule has 12 heteroatoms. The topological polar surface area (TPSA) is 77.1 Å². The van der Waals surface area contributed by atoms with Crippen LogP contribution in [0.1, 0.15) is 21.6 Å². The number of nitrogens with one attached hydrogen (secondary N) is 1. The van der Waals surface area contributed by atoms with Crippen molar-refractivity contribution in [2.45, 2.75) is 12.7 Å². The summed E-state index contributed by atoms with van der Waals surface area (Å²) in [5.74, 6) is -1.17. The summed E-state index contributed by atoms with van der Waals surface area (Å²) in [5.41, 5.74) is -0.795. The van der Waals surface area contributed by atoms with Crippen LogP contribution >= 0.6 is 11.6 Å². The zero-order valence-corrected chi connectivity index (χ0v) is 21.1. The monoisotopic (exact) mass is 564 g/mol. The van der Waals surface area contributed by atoms with E-state index in [9.17, 15) is 22.4 Å². The third-order valence-electron chi connectivity index (χ3n) is 6.34. The fraction of sp³-hybridized carbons (Fsp3) is 0.0714. The molecular formula is C28H17ClF4N6O. The minimum atomic E-state index is -4.77. The first-order valence-corrected chi connectivity index (χ1v) is 12.3. The largest absolute Gasteiger partial charge is 0.433 e. The lowest BCUT2D eigenvalue weighted by molar-refractivity contribution is -0.142. The van der Waals surface area contributed by atoms with Gasteiger partial charge < -0.3 is 5.32 Å². The van der Waals surface area contributed by atoms with Gasteiger partial charge in [-0.05, 0) is 29.0 Å². The standard InChI is InChI=1S/C28H17ClF4N6O/c29-21-9-4-10-22(30)20(21)15-38-12-11-25(37-38)36-27(40)19-14-34-39-24(28(31,32)33)13-23(35-26(19)39)18-8-3-6-16-5-1-2-7-17(16)18/h1-14H,15H2,(H,36,37,40). The van der Waals surface area contributed by atoms with E-state index < -0.39 is 23.6 Å². The van der Waals surface area contributed by atoms with E-state index in [1.165, 1.54) is 29.1 Å². The van der Waals surface area contributed by atoms with Crippen LogP contribution in [0.25, 0.3) is 27.7 Å². The molecule has 7 nitrogen and oxygen atoms in total. The number of amides is 1. The van der Waals surface area contributed by atoms with E-state index in [0.29, 0.717) is 15.5 Å². The number of rotatable bonds is 5. The van der Waals surface area contributed by atoms with Gasteiger partial charge in [0, 0.05) is 28.4 Å². The quantitative estimate of drug-likeness (QED) is 0.232. The van der Waals surface area contributed by atoms with Crippen LogP contribution in [-0.2, 0) is 12.7 Å². The highest BCUT2D eigenvalue weighted by Crippen LogP contribution is 2.35. The van der Waals surface area contributed by atoms with E-state index in [1.54, 1.807) is 30.3 Å². The van der Waals surface area contributed by atoms with Gasteiger partial charge in [0.2, 0.25) is 0 Å². The van der Waals surface area contributed by atoms with E-state index in [-0.39, 0.29) is 39.9 Å². The fourth-order valence-electron chi connectivity index (χ4n) is 4.46. The van der Waals surface area contributed by atoms with Gasteiger partial charge in [0.1, 0.15) is 11.4 Å². The van der Waals surface area contributed by atoms with Gasteiger partial charge in [0.25, 0.3) is 5.91 Å². The minimum Gasteiger partial charge on any atom is -0.305 e. The predicted molar refractivity (Wildman–Crippen MR) is 142 cm³/mol. The summed E-state index contributed by atoms with van der Waals surface area (Å²) < 4.78 is 58.4. The third-order valence-corrected chi connectivity index (χ3v) is 6.69. The van der Waals surface area contributed by atoms with Crippen molar-refractivity contribution >= 4 is 39.7 Å². The SMILES string of the molecule is O=C(Nc1ccn(Cc2c(F)cccc2Cl)n1)c1cnn2c(C(F)(F)F)cc(-c3cccc4ccccc34)nc12. The fourth-order valence-corrected chi connectivity index (χ4v) is 4.68.